The molecular weight excluding hydrogens is 480 g/mol. The summed E-state index contributed by atoms with van der Waals surface area (Å²) in [5.74, 6) is 0.465. The Balaban J connectivity index is 1.08. The molecule has 0 spiro atoms. The number of benzene rings is 1. The molecule has 192 valence electrons. The zero-order valence-electron chi connectivity index (χ0n) is 20.6. The van der Waals surface area contributed by atoms with Crippen LogP contribution in [0.5, 0.6) is 0 Å². The molecule has 3 saturated heterocycles. The van der Waals surface area contributed by atoms with Crippen molar-refractivity contribution in [2.75, 3.05) is 27.2 Å². The fraction of sp³-hybridized carbons (Fsp3) is 0.640. The molecule has 0 aromatic heterocycles. The SMILES string of the molecule is CN(C)OOSc1ccc2c(c1)CC[C@@H]2N1C(=O)[C@@H]2C[C@H]1CN2C[C@H](N)C(=O)N1C2C[C@H]2C[C@H]1C#N. The van der Waals surface area contributed by atoms with Gasteiger partial charge >= 0.3 is 0 Å². The largest absolute Gasteiger partial charge is 0.330 e. The highest BCUT2D eigenvalue weighted by atomic mass is 32.2. The van der Waals surface area contributed by atoms with E-state index in [4.69, 9.17) is 15.1 Å². The molecule has 36 heavy (non-hydrogen) atoms. The van der Waals surface area contributed by atoms with E-state index >= 15 is 0 Å². The summed E-state index contributed by atoms with van der Waals surface area (Å²) < 4.78 is 5.16. The van der Waals surface area contributed by atoms with Gasteiger partial charge in [0.1, 0.15) is 6.04 Å². The molecule has 4 fully saturated rings. The monoisotopic (exact) mass is 512 g/mol. The van der Waals surface area contributed by atoms with Crippen molar-refractivity contribution in [2.45, 2.75) is 73.3 Å². The van der Waals surface area contributed by atoms with Crippen LogP contribution in [0.1, 0.15) is 42.9 Å². The minimum absolute atomic E-state index is 0.0886. The van der Waals surface area contributed by atoms with Gasteiger partial charge in [0.15, 0.2) is 0 Å². The third kappa shape index (κ3) is 4.10. The Bertz CT molecular complexity index is 1110. The molecule has 5 aliphatic rings. The second kappa shape index (κ2) is 9.28. The predicted octanol–water partition coefficient (Wildman–Crippen LogP) is 1.23. The lowest BCUT2D eigenvalue weighted by atomic mass is 10.1. The van der Waals surface area contributed by atoms with Crippen molar-refractivity contribution in [3.05, 3.63) is 29.3 Å². The van der Waals surface area contributed by atoms with Crippen LogP contribution in [0.4, 0.5) is 0 Å². The number of piperazine rings is 1. The first kappa shape index (κ1) is 24.2. The maximum absolute atomic E-state index is 13.5. The van der Waals surface area contributed by atoms with Gasteiger partial charge in [-0.05, 0) is 61.3 Å². The molecule has 3 heterocycles. The normalized spacial score (nSPS) is 33.2. The van der Waals surface area contributed by atoms with Crippen molar-refractivity contribution in [1.29, 1.82) is 5.26 Å². The number of amides is 2. The average Bonchev–Trinajstić information content (AvgIpc) is 3.18. The first-order valence-corrected chi connectivity index (χ1v) is 13.4. The van der Waals surface area contributed by atoms with Crippen LogP contribution in [-0.4, -0.2) is 89.0 Å². The minimum atomic E-state index is -0.706. The van der Waals surface area contributed by atoms with Crippen molar-refractivity contribution in [2.24, 2.45) is 11.7 Å². The van der Waals surface area contributed by atoms with Crippen LogP contribution in [0.2, 0.25) is 0 Å². The van der Waals surface area contributed by atoms with Gasteiger partial charge in [0.2, 0.25) is 11.8 Å². The van der Waals surface area contributed by atoms with Crippen molar-refractivity contribution in [3.63, 3.8) is 0 Å². The maximum Gasteiger partial charge on any atom is 0.242 e. The van der Waals surface area contributed by atoms with Gasteiger partial charge < -0.3 is 15.5 Å². The number of nitrogens with two attached hydrogens (primary N) is 1. The molecule has 2 bridgehead atoms. The summed E-state index contributed by atoms with van der Waals surface area (Å²) in [5.41, 5.74) is 8.80. The van der Waals surface area contributed by atoms with Gasteiger partial charge in [0, 0.05) is 44.2 Å². The van der Waals surface area contributed by atoms with Crippen molar-refractivity contribution >= 4 is 23.9 Å². The van der Waals surface area contributed by atoms with Crippen LogP contribution in [0, 0.1) is 17.2 Å². The van der Waals surface area contributed by atoms with E-state index in [1.807, 2.05) is 6.07 Å². The van der Waals surface area contributed by atoms with Crippen molar-refractivity contribution < 1.29 is 18.9 Å². The van der Waals surface area contributed by atoms with Crippen LogP contribution in [0.15, 0.2) is 23.1 Å². The van der Waals surface area contributed by atoms with Gasteiger partial charge in [-0.3, -0.25) is 14.5 Å². The number of carbonyl (C=O) groups excluding carboxylic acids is 2. The lowest BCUT2D eigenvalue weighted by Crippen LogP contribution is -2.57. The third-order valence-electron chi connectivity index (χ3n) is 8.38. The Morgan fingerprint density at radius 3 is 2.89 bits per heavy atom. The molecule has 1 aromatic rings. The quantitative estimate of drug-likeness (QED) is 0.312. The van der Waals surface area contributed by atoms with E-state index in [0.29, 0.717) is 12.5 Å². The summed E-state index contributed by atoms with van der Waals surface area (Å²) >= 11 is 1.17. The van der Waals surface area contributed by atoms with E-state index < -0.39 is 6.04 Å². The standard InChI is InChI=1S/C25H32N6O4S/c1-28(2)34-35-36-18-4-5-19-14(8-18)3-6-21(19)31-17-10-23(25(31)33)29(12-17)13-20(27)24(32)30-16(11-26)7-15-9-22(15)30/h4-5,8,15-17,20-23H,3,6-7,9-10,12-13,27H2,1-2H3/t15-,16+,17+,20+,21+,22?,23+/m1/s1. The summed E-state index contributed by atoms with van der Waals surface area (Å²) in [7, 11) is 3.50. The average molecular weight is 513 g/mol. The van der Waals surface area contributed by atoms with Crippen LogP contribution in [0.25, 0.3) is 0 Å². The number of hydroxylamine groups is 2. The molecular formula is C25H32N6O4S. The predicted molar refractivity (Wildman–Crippen MR) is 131 cm³/mol. The molecule has 2 aliphatic carbocycles. The molecule has 2 N–H and O–H groups in total. The van der Waals surface area contributed by atoms with Crippen LogP contribution in [-0.2, 0) is 25.3 Å². The summed E-state index contributed by atoms with van der Waals surface area (Å²) in [6, 6.07) is 7.62. The lowest BCUT2D eigenvalue weighted by Gasteiger charge is -2.38. The van der Waals surface area contributed by atoms with E-state index in [1.54, 1.807) is 19.0 Å². The summed E-state index contributed by atoms with van der Waals surface area (Å²) in [6.45, 7) is 1.10. The second-order valence-corrected chi connectivity index (χ2v) is 11.6. The van der Waals surface area contributed by atoms with Crippen LogP contribution < -0.4 is 5.73 Å². The summed E-state index contributed by atoms with van der Waals surface area (Å²) in [5, 5.41) is 10.9. The highest BCUT2D eigenvalue weighted by Gasteiger charge is 2.56. The van der Waals surface area contributed by atoms with E-state index in [1.165, 1.54) is 28.2 Å². The van der Waals surface area contributed by atoms with Crippen LogP contribution in [0.3, 0.4) is 0 Å². The molecule has 1 unspecified atom stereocenters. The molecule has 7 atom stereocenters. The van der Waals surface area contributed by atoms with E-state index in [0.717, 1.165) is 43.5 Å². The molecule has 1 aromatic carbocycles. The lowest BCUT2D eigenvalue weighted by molar-refractivity contribution is -0.340. The number of nitrogens with zero attached hydrogens (tertiary/aromatic N) is 5. The number of rotatable bonds is 8. The highest BCUT2D eigenvalue weighted by molar-refractivity contribution is 7.94. The van der Waals surface area contributed by atoms with Crippen LogP contribution >= 0.6 is 12.0 Å². The summed E-state index contributed by atoms with van der Waals surface area (Å²) in [6.07, 6.45) is 4.37. The van der Waals surface area contributed by atoms with Gasteiger partial charge in [0.25, 0.3) is 0 Å². The first-order chi connectivity index (χ1) is 17.4. The Kier molecular flexibility index (Phi) is 6.22. The number of likely N-dealkylation sites (tertiary alicyclic amines) is 3. The second-order valence-electron chi connectivity index (χ2n) is 10.9. The Morgan fingerprint density at radius 2 is 2.14 bits per heavy atom. The Labute approximate surface area is 215 Å². The number of hydrogen-bond donors (Lipinski definition) is 1. The van der Waals surface area contributed by atoms with Gasteiger partial charge in [0.05, 0.1) is 36.2 Å². The number of aryl methyl sites for hydroxylation is 1. The molecule has 10 nitrogen and oxygen atoms in total. The summed E-state index contributed by atoms with van der Waals surface area (Å²) in [4.78, 5) is 38.4. The fourth-order valence-corrected chi connectivity index (χ4v) is 7.28. The minimum Gasteiger partial charge on any atom is -0.330 e. The number of piperidine rings is 1. The fourth-order valence-electron chi connectivity index (χ4n) is 6.74. The van der Waals surface area contributed by atoms with E-state index in [-0.39, 0.29) is 42.0 Å². The number of hydrogen-bond acceptors (Lipinski definition) is 9. The Morgan fingerprint density at radius 1 is 1.31 bits per heavy atom. The van der Waals surface area contributed by atoms with E-state index in [2.05, 4.69) is 28.0 Å². The van der Waals surface area contributed by atoms with Crippen molar-refractivity contribution in [1.82, 2.24) is 19.8 Å². The topological polar surface area (TPSA) is 115 Å². The molecule has 1 saturated carbocycles. The molecule has 0 radical (unpaired) electrons. The highest BCUT2D eigenvalue weighted by Crippen LogP contribution is 2.48. The van der Waals surface area contributed by atoms with Gasteiger partial charge in [-0.1, -0.05) is 6.07 Å². The molecule has 3 aliphatic heterocycles. The zero-order valence-corrected chi connectivity index (χ0v) is 21.4. The van der Waals surface area contributed by atoms with Gasteiger partial charge in [-0.25, -0.2) is 0 Å². The first-order valence-electron chi connectivity index (χ1n) is 12.7. The maximum atomic E-state index is 13.5. The van der Waals surface area contributed by atoms with Crippen molar-refractivity contribution in [3.8, 4) is 6.07 Å². The zero-order chi connectivity index (χ0) is 25.1. The molecule has 11 heteroatoms. The molecule has 2 amide bonds. The van der Waals surface area contributed by atoms with E-state index in [9.17, 15) is 14.9 Å². The number of carbonyl (C=O) groups is 2. The Hall–Kier alpha value is -2.20. The number of fused-ring (bicyclic) bond motifs is 4. The van der Waals surface area contributed by atoms with Gasteiger partial charge in [-0.2, -0.15) is 10.3 Å². The molecule has 6 rings (SSSR count). The smallest absolute Gasteiger partial charge is 0.242 e. The van der Waals surface area contributed by atoms with Gasteiger partial charge in [-0.15, -0.1) is 9.32 Å². The number of nitriles is 1. The third-order valence-corrected chi connectivity index (χ3v) is 8.95.